The molecule has 0 saturated carbocycles. The highest BCUT2D eigenvalue weighted by molar-refractivity contribution is 9.10. The van der Waals surface area contributed by atoms with Crippen LogP contribution in [0.5, 0.6) is 0 Å². The third kappa shape index (κ3) is 2.15. The molecule has 7 heteroatoms. The Morgan fingerprint density at radius 1 is 1.53 bits per heavy atom. The molecule has 0 aliphatic heterocycles. The first-order valence-corrected chi connectivity index (χ1v) is 6.98. The Kier molecular flexibility index (Phi) is 3.08. The zero-order valence-corrected chi connectivity index (χ0v) is 12.2. The third-order valence-electron chi connectivity index (χ3n) is 2.62. The van der Waals surface area contributed by atoms with E-state index >= 15 is 0 Å². The predicted octanol–water partition coefficient (Wildman–Crippen LogP) is 2.83. The highest BCUT2D eigenvalue weighted by Crippen LogP contribution is 2.29. The predicted molar refractivity (Wildman–Crippen MR) is 78.4 cm³/mol. The lowest BCUT2D eigenvalue weighted by Gasteiger charge is -2.02. The zero-order chi connectivity index (χ0) is 13.4. The van der Waals surface area contributed by atoms with Gasteiger partial charge in [-0.3, -0.25) is 0 Å². The molecular formula is C12H8BrN3O2S. The standard InChI is InChI=1S/C12H8BrN3O2S/c1-18-14-5-11-15-9-6-16(17)10-4-7(13)2-3-8(10)12(9)19-11/h2-6H,1H3. The molecule has 3 aromatic rings. The molecule has 0 aliphatic carbocycles. The van der Waals surface area contributed by atoms with Crippen LogP contribution >= 0.6 is 27.3 Å². The van der Waals surface area contributed by atoms with Crippen LogP contribution in [0.15, 0.2) is 34.0 Å². The minimum absolute atomic E-state index is 0.612. The van der Waals surface area contributed by atoms with Crippen LogP contribution in [0.2, 0.25) is 0 Å². The molecule has 2 heterocycles. The number of halogens is 1. The lowest BCUT2D eigenvalue weighted by molar-refractivity contribution is -0.575. The smallest absolute Gasteiger partial charge is 0.226 e. The Labute approximate surface area is 120 Å². The topological polar surface area (TPSA) is 61.4 Å². The number of aromatic nitrogens is 2. The van der Waals surface area contributed by atoms with Gasteiger partial charge in [0.25, 0.3) is 0 Å². The van der Waals surface area contributed by atoms with Gasteiger partial charge in [-0.15, -0.1) is 11.3 Å². The molecule has 2 aromatic heterocycles. The molecular weight excluding hydrogens is 330 g/mol. The first-order chi connectivity index (χ1) is 9.19. The van der Waals surface area contributed by atoms with E-state index in [2.05, 4.69) is 30.9 Å². The summed E-state index contributed by atoms with van der Waals surface area (Å²) in [5, 5.41) is 17.2. The Morgan fingerprint density at radius 2 is 2.37 bits per heavy atom. The molecule has 0 amide bonds. The fourth-order valence-electron chi connectivity index (χ4n) is 1.84. The summed E-state index contributed by atoms with van der Waals surface area (Å²) in [4.78, 5) is 8.97. The molecule has 96 valence electrons. The second-order valence-electron chi connectivity index (χ2n) is 3.80. The van der Waals surface area contributed by atoms with E-state index in [1.807, 2.05) is 12.1 Å². The summed E-state index contributed by atoms with van der Waals surface area (Å²) in [7, 11) is 1.47. The van der Waals surface area contributed by atoms with Crippen LogP contribution in [0.3, 0.4) is 0 Å². The lowest BCUT2D eigenvalue weighted by Crippen LogP contribution is -2.26. The number of oxime groups is 1. The van der Waals surface area contributed by atoms with Crippen LogP contribution in [0.4, 0.5) is 0 Å². The van der Waals surface area contributed by atoms with E-state index in [1.54, 1.807) is 6.07 Å². The summed E-state index contributed by atoms with van der Waals surface area (Å²) in [6.07, 6.45) is 3.01. The van der Waals surface area contributed by atoms with Gasteiger partial charge >= 0.3 is 0 Å². The van der Waals surface area contributed by atoms with Gasteiger partial charge in [-0.2, -0.15) is 4.73 Å². The molecule has 19 heavy (non-hydrogen) atoms. The molecule has 0 saturated heterocycles. The van der Waals surface area contributed by atoms with Crippen LogP contribution in [0.1, 0.15) is 5.01 Å². The van der Waals surface area contributed by atoms with E-state index in [0.717, 1.165) is 19.3 Å². The van der Waals surface area contributed by atoms with Crippen LogP contribution < -0.4 is 4.73 Å². The summed E-state index contributed by atoms with van der Waals surface area (Å²) >= 11 is 4.84. The molecule has 0 unspecified atom stereocenters. The maximum Gasteiger partial charge on any atom is 0.226 e. The molecule has 0 bridgehead atoms. The van der Waals surface area contributed by atoms with Gasteiger partial charge in [0, 0.05) is 10.5 Å². The van der Waals surface area contributed by atoms with Gasteiger partial charge in [0.2, 0.25) is 11.7 Å². The highest BCUT2D eigenvalue weighted by Gasteiger charge is 2.14. The normalized spacial score (nSPS) is 11.7. The number of nitrogens with zero attached hydrogens (tertiary/aromatic N) is 3. The van der Waals surface area contributed by atoms with Gasteiger partial charge in [-0.25, -0.2) is 4.98 Å². The third-order valence-corrected chi connectivity index (χ3v) is 4.15. The van der Waals surface area contributed by atoms with Crippen molar-refractivity contribution in [3.05, 3.63) is 39.1 Å². The fourth-order valence-corrected chi connectivity index (χ4v) is 3.13. The first-order valence-electron chi connectivity index (χ1n) is 5.37. The van der Waals surface area contributed by atoms with Crippen molar-refractivity contribution >= 4 is 54.6 Å². The Hall–Kier alpha value is -1.73. The fraction of sp³-hybridized carbons (Fsp3) is 0.0833. The van der Waals surface area contributed by atoms with Crippen molar-refractivity contribution in [2.75, 3.05) is 7.11 Å². The number of hydrogen-bond acceptors (Lipinski definition) is 5. The van der Waals surface area contributed by atoms with Gasteiger partial charge in [-0.05, 0) is 12.1 Å². The summed E-state index contributed by atoms with van der Waals surface area (Å²) in [5.74, 6) is 0. The number of rotatable bonds is 2. The summed E-state index contributed by atoms with van der Waals surface area (Å²) in [6, 6.07) is 5.61. The molecule has 0 spiro atoms. The zero-order valence-electron chi connectivity index (χ0n) is 9.83. The molecule has 0 atom stereocenters. The Morgan fingerprint density at radius 3 is 3.16 bits per heavy atom. The number of pyridine rings is 1. The maximum absolute atomic E-state index is 12.0. The average molecular weight is 338 g/mol. The SMILES string of the molecule is CON=Cc1nc2c[n+]([O-])c3cc(Br)ccc3c2s1. The van der Waals surface area contributed by atoms with Gasteiger partial charge in [0.05, 0.1) is 10.1 Å². The van der Waals surface area contributed by atoms with Crippen LogP contribution in [-0.4, -0.2) is 18.3 Å². The van der Waals surface area contributed by atoms with E-state index in [0.29, 0.717) is 16.0 Å². The van der Waals surface area contributed by atoms with E-state index in [4.69, 9.17) is 0 Å². The molecule has 1 aromatic carbocycles. The summed E-state index contributed by atoms with van der Waals surface area (Å²) in [5.41, 5.74) is 1.27. The van der Waals surface area contributed by atoms with Crippen molar-refractivity contribution in [2.45, 2.75) is 0 Å². The number of thiazole rings is 1. The maximum atomic E-state index is 12.0. The molecule has 3 rings (SSSR count). The minimum atomic E-state index is 0.612. The largest absolute Gasteiger partial charge is 0.618 e. The lowest BCUT2D eigenvalue weighted by atomic mass is 10.2. The first kappa shape index (κ1) is 12.3. The van der Waals surface area contributed by atoms with E-state index in [-0.39, 0.29) is 0 Å². The van der Waals surface area contributed by atoms with Crippen LogP contribution in [0.25, 0.3) is 21.1 Å². The van der Waals surface area contributed by atoms with Crippen molar-refractivity contribution in [2.24, 2.45) is 5.16 Å². The van der Waals surface area contributed by atoms with E-state index in [1.165, 1.54) is 30.9 Å². The summed E-state index contributed by atoms with van der Waals surface area (Å²) < 4.78 is 2.67. The Bertz CT molecular complexity index is 800. The number of benzene rings is 1. The molecule has 0 radical (unpaired) electrons. The van der Waals surface area contributed by atoms with Crippen molar-refractivity contribution < 1.29 is 9.57 Å². The minimum Gasteiger partial charge on any atom is -0.618 e. The van der Waals surface area contributed by atoms with Gasteiger partial charge in [0.15, 0.2) is 0 Å². The summed E-state index contributed by atoms with van der Waals surface area (Å²) in [6.45, 7) is 0. The van der Waals surface area contributed by atoms with E-state index < -0.39 is 0 Å². The monoisotopic (exact) mass is 337 g/mol. The molecule has 0 fully saturated rings. The van der Waals surface area contributed by atoms with Gasteiger partial charge < -0.3 is 10.0 Å². The van der Waals surface area contributed by atoms with Crippen LogP contribution in [0, 0.1) is 5.21 Å². The molecule has 0 N–H and O–H groups in total. The average Bonchev–Trinajstić information content (AvgIpc) is 2.79. The Balaban J connectivity index is 2.33. The molecule has 5 nitrogen and oxygen atoms in total. The quantitative estimate of drug-likeness (QED) is 0.312. The van der Waals surface area contributed by atoms with Gasteiger partial charge in [0.1, 0.15) is 23.8 Å². The van der Waals surface area contributed by atoms with Crippen molar-refractivity contribution in [1.82, 2.24) is 4.98 Å². The number of hydrogen-bond donors (Lipinski definition) is 0. The second kappa shape index (κ2) is 4.75. The van der Waals surface area contributed by atoms with E-state index in [9.17, 15) is 5.21 Å². The highest BCUT2D eigenvalue weighted by atomic mass is 79.9. The molecule has 0 aliphatic rings. The van der Waals surface area contributed by atoms with Crippen molar-refractivity contribution in [3.63, 3.8) is 0 Å². The van der Waals surface area contributed by atoms with Crippen molar-refractivity contribution in [3.8, 4) is 0 Å². The van der Waals surface area contributed by atoms with Gasteiger partial charge in [-0.1, -0.05) is 21.1 Å². The second-order valence-corrected chi connectivity index (χ2v) is 5.75. The number of fused-ring (bicyclic) bond motifs is 3. The van der Waals surface area contributed by atoms with Crippen molar-refractivity contribution in [1.29, 1.82) is 0 Å². The van der Waals surface area contributed by atoms with Crippen LogP contribution in [-0.2, 0) is 4.84 Å².